The number of nitrogens with zero attached hydrogens (tertiary/aromatic N) is 3. The summed E-state index contributed by atoms with van der Waals surface area (Å²) in [4.78, 5) is 25.0. The van der Waals surface area contributed by atoms with Gasteiger partial charge in [-0.3, -0.25) is 4.79 Å². The van der Waals surface area contributed by atoms with Crippen LogP contribution in [0.15, 0.2) is 6.07 Å². The number of piperazine rings is 1. The highest BCUT2D eigenvalue weighted by Gasteiger charge is 2.30. The molecule has 3 heterocycles. The number of amides is 1. The second kappa shape index (κ2) is 5.77. The molecule has 2 aromatic heterocycles. The Morgan fingerprint density at radius 1 is 1.48 bits per heavy atom. The molecule has 1 aliphatic heterocycles. The third kappa shape index (κ3) is 2.58. The molecule has 0 spiro atoms. The van der Waals surface area contributed by atoms with E-state index in [2.05, 4.69) is 33.2 Å². The molecule has 1 fully saturated rings. The van der Waals surface area contributed by atoms with Crippen LogP contribution in [0, 0.1) is 0 Å². The quantitative estimate of drug-likeness (QED) is 0.882. The van der Waals surface area contributed by atoms with Gasteiger partial charge in [0, 0.05) is 18.0 Å². The van der Waals surface area contributed by atoms with E-state index < -0.39 is 0 Å². The van der Waals surface area contributed by atoms with E-state index in [0.717, 1.165) is 35.4 Å². The maximum Gasteiger partial charge on any atom is 0.242 e. The fraction of sp³-hybridized carbons (Fsp3) is 0.500. The summed E-state index contributed by atoms with van der Waals surface area (Å²) < 4.78 is 0. The van der Waals surface area contributed by atoms with Crippen LogP contribution >= 0.6 is 22.9 Å². The molecule has 1 saturated heterocycles. The zero-order valence-corrected chi connectivity index (χ0v) is 13.6. The number of carbonyl (C=O) groups is 1. The summed E-state index contributed by atoms with van der Waals surface area (Å²) >= 11 is 7.72. The first kappa shape index (κ1) is 14.5. The van der Waals surface area contributed by atoms with Crippen LogP contribution in [-0.4, -0.2) is 35.0 Å². The lowest BCUT2D eigenvalue weighted by atomic mass is 10.1. The highest BCUT2D eigenvalue weighted by molar-refractivity contribution is 7.18. The molecule has 112 valence electrons. The summed E-state index contributed by atoms with van der Waals surface area (Å²) in [6.07, 6.45) is 1.69. The van der Waals surface area contributed by atoms with Crippen molar-refractivity contribution in [2.75, 3.05) is 18.0 Å². The van der Waals surface area contributed by atoms with Crippen LogP contribution in [0.4, 0.5) is 5.82 Å². The van der Waals surface area contributed by atoms with Crippen LogP contribution in [0.2, 0.25) is 5.28 Å². The van der Waals surface area contributed by atoms with Gasteiger partial charge in [0.25, 0.3) is 0 Å². The van der Waals surface area contributed by atoms with Gasteiger partial charge in [-0.1, -0.05) is 13.8 Å². The Morgan fingerprint density at radius 3 is 3.00 bits per heavy atom. The molecule has 21 heavy (non-hydrogen) atoms. The van der Waals surface area contributed by atoms with Gasteiger partial charge in [0.15, 0.2) is 0 Å². The van der Waals surface area contributed by atoms with E-state index in [1.807, 2.05) is 6.92 Å². The van der Waals surface area contributed by atoms with E-state index in [4.69, 9.17) is 11.6 Å². The molecule has 1 N–H and O–H groups in total. The highest BCUT2D eigenvalue weighted by atomic mass is 35.5. The highest BCUT2D eigenvalue weighted by Crippen LogP contribution is 2.33. The number of anilines is 1. The minimum atomic E-state index is -0.196. The van der Waals surface area contributed by atoms with E-state index in [0.29, 0.717) is 6.54 Å². The minimum Gasteiger partial charge on any atom is -0.353 e. The Labute approximate surface area is 132 Å². The average Bonchev–Trinajstić information content (AvgIpc) is 2.89. The lowest BCUT2D eigenvalue weighted by Gasteiger charge is -2.35. The number of aryl methyl sites for hydroxylation is 1. The third-order valence-electron chi connectivity index (χ3n) is 3.73. The minimum absolute atomic E-state index is 0.0533. The molecule has 5 nitrogen and oxygen atoms in total. The molecule has 0 bridgehead atoms. The number of carbonyl (C=O) groups excluding carboxylic acids is 1. The largest absolute Gasteiger partial charge is 0.353 e. The standard InChI is InChI=1S/C14H17ClN4OS/c1-3-8-7-9-11(17-14(15)18-13(9)21-8)19-6-5-16-12(20)10(19)4-2/h7,10H,3-6H2,1-2H3,(H,16,20). The van der Waals surface area contributed by atoms with E-state index in [1.165, 1.54) is 4.88 Å². The predicted molar refractivity (Wildman–Crippen MR) is 86.2 cm³/mol. The number of hydrogen-bond donors (Lipinski definition) is 1. The Kier molecular flexibility index (Phi) is 3.99. The summed E-state index contributed by atoms with van der Waals surface area (Å²) in [6, 6.07) is 1.92. The number of hydrogen-bond acceptors (Lipinski definition) is 5. The fourth-order valence-electron chi connectivity index (χ4n) is 2.70. The van der Waals surface area contributed by atoms with E-state index in [9.17, 15) is 4.79 Å². The van der Waals surface area contributed by atoms with Crippen molar-refractivity contribution in [2.24, 2.45) is 0 Å². The Morgan fingerprint density at radius 2 is 2.29 bits per heavy atom. The van der Waals surface area contributed by atoms with Crippen molar-refractivity contribution in [1.82, 2.24) is 15.3 Å². The molecule has 7 heteroatoms. The number of halogens is 1. The monoisotopic (exact) mass is 324 g/mol. The van der Waals surface area contributed by atoms with Crippen LogP contribution in [0.5, 0.6) is 0 Å². The lowest BCUT2D eigenvalue weighted by Crippen LogP contribution is -2.55. The Balaban J connectivity index is 2.13. The summed E-state index contributed by atoms with van der Waals surface area (Å²) in [5.41, 5.74) is 0. The zero-order valence-electron chi connectivity index (χ0n) is 12.0. The molecule has 1 aliphatic rings. The smallest absolute Gasteiger partial charge is 0.242 e. The van der Waals surface area contributed by atoms with Gasteiger partial charge in [-0.25, -0.2) is 4.98 Å². The molecule has 1 atom stereocenters. The normalized spacial score (nSPS) is 19.1. The molecule has 3 rings (SSSR count). The SMILES string of the molecule is CCc1cc2c(N3CCNC(=O)C3CC)nc(Cl)nc2s1. The fourth-order valence-corrected chi connectivity index (χ4v) is 3.87. The van der Waals surface area contributed by atoms with Crippen molar-refractivity contribution in [3.05, 3.63) is 16.2 Å². The van der Waals surface area contributed by atoms with E-state index in [1.54, 1.807) is 11.3 Å². The van der Waals surface area contributed by atoms with Crippen LogP contribution < -0.4 is 10.2 Å². The summed E-state index contributed by atoms with van der Waals surface area (Å²) in [6.45, 7) is 5.49. The topological polar surface area (TPSA) is 58.1 Å². The third-order valence-corrected chi connectivity index (χ3v) is 5.08. The van der Waals surface area contributed by atoms with Crippen molar-refractivity contribution >= 4 is 44.9 Å². The Bertz CT molecular complexity index is 687. The molecule has 1 amide bonds. The molecule has 0 aliphatic carbocycles. The van der Waals surface area contributed by atoms with Crippen molar-refractivity contribution in [2.45, 2.75) is 32.7 Å². The molecule has 0 aromatic carbocycles. The van der Waals surface area contributed by atoms with Crippen molar-refractivity contribution in [3.63, 3.8) is 0 Å². The predicted octanol–water partition coefficient (Wildman–Crippen LogP) is 2.62. The van der Waals surface area contributed by atoms with Gasteiger partial charge in [-0.05, 0) is 30.5 Å². The molecular weight excluding hydrogens is 308 g/mol. The first-order valence-corrected chi connectivity index (χ1v) is 8.33. The number of thiophene rings is 1. The number of nitrogens with one attached hydrogen (secondary N) is 1. The van der Waals surface area contributed by atoms with Crippen LogP contribution in [0.3, 0.4) is 0 Å². The van der Waals surface area contributed by atoms with E-state index >= 15 is 0 Å². The van der Waals surface area contributed by atoms with Crippen LogP contribution in [0.1, 0.15) is 25.1 Å². The van der Waals surface area contributed by atoms with Gasteiger partial charge in [-0.2, -0.15) is 4.98 Å². The number of aromatic nitrogens is 2. The maximum absolute atomic E-state index is 12.1. The van der Waals surface area contributed by atoms with Gasteiger partial charge < -0.3 is 10.2 Å². The average molecular weight is 325 g/mol. The van der Waals surface area contributed by atoms with Gasteiger partial charge in [0.1, 0.15) is 16.7 Å². The summed E-state index contributed by atoms with van der Waals surface area (Å²) in [7, 11) is 0. The molecule has 0 saturated carbocycles. The van der Waals surface area contributed by atoms with Crippen molar-refractivity contribution in [1.29, 1.82) is 0 Å². The van der Waals surface area contributed by atoms with Crippen molar-refractivity contribution < 1.29 is 4.79 Å². The summed E-state index contributed by atoms with van der Waals surface area (Å²) in [5.74, 6) is 0.834. The second-order valence-electron chi connectivity index (χ2n) is 5.01. The van der Waals surface area contributed by atoms with Gasteiger partial charge in [0.2, 0.25) is 11.2 Å². The van der Waals surface area contributed by atoms with Crippen molar-refractivity contribution in [3.8, 4) is 0 Å². The van der Waals surface area contributed by atoms with Gasteiger partial charge in [0.05, 0.1) is 5.39 Å². The lowest BCUT2D eigenvalue weighted by molar-refractivity contribution is -0.123. The zero-order chi connectivity index (χ0) is 15.0. The summed E-state index contributed by atoms with van der Waals surface area (Å²) in [5, 5.41) is 4.14. The van der Waals surface area contributed by atoms with Gasteiger partial charge >= 0.3 is 0 Å². The molecule has 2 aromatic rings. The maximum atomic E-state index is 12.1. The van der Waals surface area contributed by atoms with Crippen LogP contribution in [-0.2, 0) is 11.2 Å². The molecule has 0 radical (unpaired) electrons. The molecule has 1 unspecified atom stereocenters. The Hall–Kier alpha value is -1.40. The molecular formula is C14H17ClN4OS. The number of rotatable bonds is 3. The second-order valence-corrected chi connectivity index (χ2v) is 6.46. The number of fused-ring (bicyclic) bond motifs is 1. The first-order chi connectivity index (χ1) is 10.1. The first-order valence-electron chi connectivity index (χ1n) is 7.14. The van der Waals surface area contributed by atoms with E-state index in [-0.39, 0.29) is 17.2 Å². The van der Waals surface area contributed by atoms with Gasteiger partial charge in [-0.15, -0.1) is 11.3 Å². The van der Waals surface area contributed by atoms with Crippen LogP contribution in [0.25, 0.3) is 10.2 Å².